The van der Waals surface area contributed by atoms with Gasteiger partial charge in [-0.3, -0.25) is 0 Å². The van der Waals surface area contributed by atoms with Gasteiger partial charge in [-0.2, -0.15) is 0 Å². The molecule has 0 saturated carbocycles. The van der Waals surface area contributed by atoms with Crippen LogP contribution in [0.15, 0.2) is 41.4 Å². The fourth-order valence-electron chi connectivity index (χ4n) is 3.96. The number of nitrogens with one attached hydrogen (secondary N) is 2. The summed E-state index contributed by atoms with van der Waals surface area (Å²) in [6.07, 6.45) is 3.07. The summed E-state index contributed by atoms with van der Waals surface area (Å²) in [6, 6.07) is 12.6. The topological polar surface area (TPSA) is 56.4 Å². The van der Waals surface area contributed by atoms with Crippen molar-refractivity contribution in [1.29, 1.82) is 0 Å². The highest BCUT2D eigenvalue weighted by Crippen LogP contribution is 2.18. The molecule has 5 nitrogen and oxygen atoms in total. The van der Waals surface area contributed by atoms with Gasteiger partial charge in [0.15, 0.2) is 0 Å². The van der Waals surface area contributed by atoms with E-state index in [-0.39, 0.29) is 0 Å². The summed E-state index contributed by atoms with van der Waals surface area (Å²) in [5.74, 6) is 0.852. The Labute approximate surface area is 177 Å². The first-order chi connectivity index (χ1) is 14.5. The van der Waals surface area contributed by atoms with Crippen LogP contribution >= 0.6 is 0 Å². The van der Waals surface area contributed by atoms with Crippen molar-refractivity contribution in [3.63, 3.8) is 0 Å². The van der Waals surface area contributed by atoms with E-state index in [0.29, 0.717) is 6.61 Å². The number of benzene rings is 1. The molecule has 0 spiro atoms. The number of aromatic nitrogens is 2. The minimum atomic E-state index is 0.616. The van der Waals surface area contributed by atoms with Gasteiger partial charge in [0, 0.05) is 29.2 Å². The number of rotatable bonds is 6. The SMILES string of the molecule is CCOc1cc(=C2N=c3ccccc3=C2CCN(C)C)[nH]/c1=C\c1[nH]c(C)cc1C. The Morgan fingerprint density at radius 3 is 2.60 bits per heavy atom. The van der Waals surface area contributed by atoms with Crippen LogP contribution in [-0.2, 0) is 0 Å². The number of aryl methyl sites for hydroxylation is 2. The number of nitrogens with zero attached hydrogens (tertiary/aromatic N) is 2. The van der Waals surface area contributed by atoms with E-state index in [1.54, 1.807) is 0 Å². The molecule has 1 aliphatic rings. The number of para-hydroxylation sites is 1. The van der Waals surface area contributed by atoms with Crippen molar-refractivity contribution < 1.29 is 4.74 Å². The molecule has 3 aromatic rings. The molecule has 0 aliphatic carbocycles. The standard InChI is InChI=1S/C25H30N4O/c1-6-30-24-15-23(27-22(24)14-21-16(2)13-17(3)26-21)25-19(11-12-29(4)5)18-9-7-8-10-20(18)28-25/h7-10,13-15,26-27H,6,11-12H2,1-5H3/b22-14-,25-23?. The molecule has 30 heavy (non-hydrogen) atoms. The molecular weight excluding hydrogens is 372 g/mol. The van der Waals surface area contributed by atoms with Gasteiger partial charge in [-0.15, -0.1) is 0 Å². The molecule has 0 fully saturated rings. The van der Waals surface area contributed by atoms with Crippen LogP contribution < -0.4 is 26.0 Å². The Morgan fingerprint density at radius 2 is 1.90 bits per heavy atom. The number of hydrogen-bond acceptors (Lipinski definition) is 3. The molecule has 5 heteroatoms. The summed E-state index contributed by atoms with van der Waals surface area (Å²) in [7, 11) is 4.21. The fraction of sp³-hybridized carbons (Fsp3) is 0.320. The van der Waals surface area contributed by atoms with Crippen LogP contribution in [-0.4, -0.2) is 42.1 Å². The van der Waals surface area contributed by atoms with E-state index in [1.165, 1.54) is 16.4 Å². The highest BCUT2D eigenvalue weighted by atomic mass is 16.5. The van der Waals surface area contributed by atoms with Crippen LogP contribution in [0.2, 0.25) is 0 Å². The largest absolute Gasteiger partial charge is 0.492 e. The van der Waals surface area contributed by atoms with Gasteiger partial charge in [0.1, 0.15) is 5.75 Å². The van der Waals surface area contributed by atoms with E-state index < -0.39 is 0 Å². The minimum Gasteiger partial charge on any atom is -0.492 e. The van der Waals surface area contributed by atoms with E-state index in [2.05, 4.69) is 79.2 Å². The molecule has 3 heterocycles. The predicted molar refractivity (Wildman–Crippen MR) is 122 cm³/mol. The maximum absolute atomic E-state index is 5.96. The summed E-state index contributed by atoms with van der Waals surface area (Å²) in [5.41, 5.74) is 5.75. The molecule has 1 aliphatic heterocycles. The number of H-pyrrole nitrogens is 2. The lowest BCUT2D eigenvalue weighted by atomic mass is 10.1. The molecule has 156 valence electrons. The first kappa shape index (κ1) is 20.2. The van der Waals surface area contributed by atoms with Crippen LogP contribution in [0.5, 0.6) is 5.75 Å². The van der Waals surface area contributed by atoms with Crippen molar-refractivity contribution in [1.82, 2.24) is 14.9 Å². The second-order valence-electron chi connectivity index (χ2n) is 8.10. The van der Waals surface area contributed by atoms with Crippen molar-refractivity contribution in [2.24, 2.45) is 4.99 Å². The van der Waals surface area contributed by atoms with Crippen molar-refractivity contribution in [3.05, 3.63) is 74.6 Å². The number of aromatic amines is 2. The monoisotopic (exact) mass is 402 g/mol. The van der Waals surface area contributed by atoms with Crippen LogP contribution in [0.3, 0.4) is 0 Å². The zero-order chi connectivity index (χ0) is 21.3. The van der Waals surface area contributed by atoms with Gasteiger partial charge in [-0.1, -0.05) is 18.2 Å². The van der Waals surface area contributed by atoms with E-state index in [4.69, 9.17) is 9.73 Å². The van der Waals surface area contributed by atoms with Gasteiger partial charge >= 0.3 is 0 Å². The van der Waals surface area contributed by atoms with Gasteiger partial charge in [0.2, 0.25) is 0 Å². The zero-order valence-electron chi connectivity index (χ0n) is 18.5. The van der Waals surface area contributed by atoms with Gasteiger partial charge < -0.3 is 19.6 Å². The summed E-state index contributed by atoms with van der Waals surface area (Å²) in [6.45, 7) is 7.79. The normalized spacial score (nSPS) is 15.7. The van der Waals surface area contributed by atoms with E-state index in [0.717, 1.165) is 51.9 Å². The fourth-order valence-corrected chi connectivity index (χ4v) is 3.96. The van der Waals surface area contributed by atoms with Crippen LogP contribution in [0.25, 0.3) is 17.3 Å². The molecular formula is C25H30N4O. The van der Waals surface area contributed by atoms with E-state index in [9.17, 15) is 0 Å². The Balaban J connectivity index is 1.92. The average Bonchev–Trinajstić information content (AvgIpc) is 3.36. The first-order valence-corrected chi connectivity index (χ1v) is 10.5. The Hall–Kier alpha value is -3.05. The maximum atomic E-state index is 5.96. The molecule has 0 saturated heterocycles. The molecule has 0 atom stereocenters. The van der Waals surface area contributed by atoms with Crippen molar-refractivity contribution >= 4 is 17.3 Å². The molecule has 1 aromatic carbocycles. The zero-order valence-corrected chi connectivity index (χ0v) is 18.5. The molecule has 4 rings (SSSR count). The minimum absolute atomic E-state index is 0.616. The summed E-state index contributed by atoms with van der Waals surface area (Å²) in [5, 5.41) is 4.22. The summed E-state index contributed by atoms with van der Waals surface area (Å²) >= 11 is 0. The average molecular weight is 403 g/mol. The molecule has 2 aromatic heterocycles. The highest BCUT2D eigenvalue weighted by molar-refractivity contribution is 5.89. The third-order valence-electron chi connectivity index (χ3n) is 5.40. The maximum Gasteiger partial charge on any atom is 0.144 e. The second kappa shape index (κ2) is 8.36. The van der Waals surface area contributed by atoms with Crippen LogP contribution in [0.4, 0.5) is 0 Å². The van der Waals surface area contributed by atoms with Crippen molar-refractivity contribution in [2.75, 3.05) is 27.2 Å². The first-order valence-electron chi connectivity index (χ1n) is 10.5. The molecule has 2 N–H and O–H groups in total. The third kappa shape index (κ3) is 3.98. The highest BCUT2D eigenvalue weighted by Gasteiger charge is 2.15. The summed E-state index contributed by atoms with van der Waals surface area (Å²) < 4.78 is 5.96. The number of hydrogen-bond donors (Lipinski definition) is 2. The molecule has 0 amide bonds. The van der Waals surface area contributed by atoms with Crippen LogP contribution in [0.1, 0.15) is 30.3 Å². The van der Waals surface area contributed by atoms with E-state index >= 15 is 0 Å². The Bertz CT molecular complexity index is 1310. The Kier molecular flexibility index (Phi) is 5.64. The van der Waals surface area contributed by atoms with Crippen LogP contribution in [0, 0.1) is 13.8 Å². The third-order valence-corrected chi connectivity index (χ3v) is 5.40. The van der Waals surface area contributed by atoms with Gasteiger partial charge in [-0.25, -0.2) is 4.99 Å². The van der Waals surface area contributed by atoms with Gasteiger partial charge in [-0.05, 0) is 70.6 Å². The lowest BCUT2D eigenvalue weighted by Crippen LogP contribution is -2.23. The summed E-state index contributed by atoms with van der Waals surface area (Å²) in [4.78, 5) is 14.2. The Morgan fingerprint density at radius 1 is 1.10 bits per heavy atom. The van der Waals surface area contributed by atoms with E-state index in [1.807, 2.05) is 13.0 Å². The number of ether oxygens (including phenoxy) is 1. The quantitative estimate of drug-likeness (QED) is 0.660. The van der Waals surface area contributed by atoms with Gasteiger partial charge in [0.05, 0.1) is 28.4 Å². The molecule has 0 unspecified atom stereocenters. The lowest BCUT2D eigenvalue weighted by Gasteiger charge is -2.10. The molecule has 0 bridgehead atoms. The second-order valence-corrected chi connectivity index (χ2v) is 8.10. The number of fused-ring (bicyclic) bond motifs is 1. The van der Waals surface area contributed by atoms with Crippen molar-refractivity contribution in [3.8, 4) is 5.75 Å². The van der Waals surface area contributed by atoms with Crippen molar-refractivity contribution in [2.45, 2.75) is 27.2 Å². The van der Waals surface area contributed by atoms with Gasteiger partial charge in [0.25, 0.3) is 0 Å². The smallest absolute Gasteiger partial charge is 0.144 e. The predicted octanol–water partition coefficient (Wildman–Crippen LogP) is 1.73. The lowest BCUT2D eigenvalue weighted by molar-refractivity contribution is 0.338. The molecule has 0 radical (unpaired) electrons.